The maximum atomic E-state index is 12.8. The Balaban J connectivity index is 2.15. The molecule has 0 aliphatic rings. The van der Waals surface area contributed by atoms with Gasteiger partial charge in [-0.3, -0.25) is 0 Å². The van der Waals surface area contributed by atoms with E-state index in [1.54, 1.807) is 12.1 Å². The molecule has 5 heteroatoms. The quantitative estimate of drug-likeness (QED) is 0.864. The molecule has 0 spiro atoms. The number of hydrogen-bond donors (Lipinski definition) is 2. The molecule has 0 saturated heterocycles. The first-order chi connectivity index (χ1) is 9.17. The maximum Gasteiger partial charge on any atom is 0.136 e. The van der Waals surface area contributed by atoms with E-state index in [9.17, 15) is 4.39 Å². The molecular formula is C14H17FN4. The van der Waals surface area contributed by atoms with Crippen molar-refractivity contribution in [3.05, 3.63) is 42.0 Å². The number of nitrogens with one attached hydrogen (secondary N) is 2. The van der Waals surface area contributed by atoms with E-state index in [0.717, 1.165) is 24.5 Å². The molecule has 1 aromatic heterocycles. The SMILES string of the molecule is CCCNc1cc(Nc2ccc(F)cc2)nc(C)n1. The number of aryl methyl sites for hydroxylation is 1. The summed E-state index contributed by atoms with van der Waals surface area (Å²) < 4.78 is 12.8. The third-order valence-corrected chi connectivity index (χ3v) is 2.51. The number of benzene rings is 1. The lowest BCUT2D eigenvalue weighted by atomic mass is 10.3. The summed E-state index contributed by atoms with van der Waals surface area (Å²) in [6.45, 7) is 4.80. The second kappa shape index (κ2) is 6.13. The van der Waals surface area contributed by atoms with E-state index in [1.807, 2.05) is 13.0 Å². The van der Waals surface area contributed by atoms with Crippen LogP contribution in [0.4, 0.5) is 21.7 Å². The fourth-order valence-electron chi connectivity index (χ4n) is 1.66. The van der Waals surface area contributed by atoms with Gasteiger partial charge in [-0.2, -0.15) is 0 Å². The molecule has 0 radical (unpaired) electrons. The van der Waals surface area contributed by atoms with Crippen LogP contribution in [0.25, 0.3) is 0 Å². The van der Waals surface area contributed by atoms with Gasteiger partial charge >= 0.3 is 0 Å². The van der Waals surface area contributed by atoms with E-state index < -0.39 is 0 Å². The number of anilines is 3. The third kappa shape index (κ3) is 3.91. The molecule has 100 valence electrons. The lowest BCUT2D eigenvalue weighted by molar-refractivity contribution is 0.628. The molecule has 0 aliphatic heterocycles. The minimum atomic E-state index is -0.255. The van der Waals surface area contributed by atoms with Gasteiger partial charge in [-0.05, 0) is 37.6 Å². The molecule has 19 heavy (non-hydrogen) atoms. The second-order valence-electron chi connectivity index (χ2n) is 4.24. The Kier molecular flexibility index (Phi) is 4.28. The minimum absolute atomic E-state index is 0.255. The summed E-state index contributed by atoms with van der Waals surface area (Å²) in [4.78, 5) is 8.61. The Morgan fingerprint density at radius 1 is 1.11 bits per heavy atom. The van der Waals surface area contributed by atoms with Crippen LogP contribution in [-0.4, -0.2) is 16.5 Å². The zero-order chi connectivity index (χ0) is 13.7. The summed E-state index contributed by atoms with van der Waals surface area (Å²) in [5.74, 6) is 1.91. The fraction of sp³-hybridized carbons (Fsp3) is 0.286. The van der Waals surface area contributed by atoms with Crippen molar-refractivity contribution in [1.82, 2.24) is 9.97 Å². The molecule has 2 rings (SSSR count). The van der Waals surface area contributed by atoms with Gasteiger partial charge in [-0.1, -0.05) is 6.92 Å². The van der Waals surface area contributed by atoms with E-state index in [1.165, 1.54) is 12.1 Å². The molecule has 0 bridgehead atoms. The normalized spacial score (nSPS) is 10.3. The smallest absolute Gasteiger partial charge is 0.136 e. The fourth-order valence-corrected chi connectivity index (χ4v) is 1.66. The van der Waals surface area contributed by atoms with Crippen LogP contribution in [0, 0.1) is 12.7 Å². The van der Waals surface area contributed by atoms with Gasteiger partial charge in [0, 0.05) is 18.3 Å². The molecule has 0 saturated carbocycles. The monoisotopic (exact) mass is 260 g/mol. The van der Waals surface area contributed by atoms with Crippen molar-refractivity contribution in [1.29, 1.82) is 0 Å². The van der Waals surface area contributed by atoms with Crippen molar-refractivity contribution in [2.75, 3.05) is 17.2 Å². The first-order valence-electron chi connectivity index (χ1n) is 6.29. The minimum Gasteiger partial charge on any atom is -0.370 e. The molecule has 0 atom stereocenters. The Morgan fingerprint density at radius 2 is 1.79 bits per heavy atom. The zero-order valence-corrected chi connectivity index (χ0v) is 11.1. The molecule has 0 amide bonds. The predicted octanol–water partition coefficient (Wildman–Crippen LogP) is 3.49. The molecular weight excluding hydrogens is 243 g/mol. The third-order valence-electron chi connectivity index (χ3n) is 2.51. The summed E-state index contributed by atoms with van der Waals surface area (Å²) in [5.41, 5.74) is 0.793. The maximum absolute atomic E-state index is 12.8. The summed E-state index contributed by atoms with van der Waals surface area (Å²) in [6.07, 6.45) is 1.03. The van der Waals surface area contributed by atoms with Crippen molar-refractivity contribution in [2.45, 2.75) is 20.3 Å². The number of nitrogens with zero attached hydrogens (tertiary/aromatic N) is 2. The van der Waals surface area contributed by atoms with Crippen LogP contribution in [0.15, 0.2) is 30.3 Å². The van der Waals surface area contributed by atoms with Gasteiger partial charge in [0.2, 0.25) is 0 Å². The van der Waals surface area contributed by atoms with E-state index in [4.69, 9.17) is 0 Å². The molecule has 1 aromatic carbocycles. The topological polar surface area (TPSA) is 49.8 Å². The van der Waals surface area contributed by atoms with Crippen LogP contribution < -0.4 is 10.6 Å². The predicted molar refractivity (Wildman–Crippen MR) is 75.2 cm³/mol. The average molecular weight is 260 g/mol. The lowest BCUT2D eigenvalue weighted by Crippen LogP contribution is -2.05. The average Bonchev–Trinajstić information content (AvgIpc) is 2.38. The summed E-state index contributed by atoms with van der Waals surface area (Å²) in [5, 5.41) is 6.35. The molecule has 0 fully saturated rings. The van der Waals surface area contributed by atoms with Crippen molar-refractivity contribution >= 4 is 17.3 Å². The van der Waals surface area contributed by atoms with E-state index in [-0.39, 0.29) is 5.82 Å². The van der Waals surface area contributed by atoms with Gasteiger partial charge < -0.3 is 10.6 Å². The van der Waals surface area contributed by atoms with Gasteiger partial charge in [0.25, 0.3) is 0 Å². The van der Waals surface area contributed by atoms with Crippen LogP contribution in [0.5, 0.6) is 0 Å². The highest BCUT2D eigenvalue weighted by molar-refractivity contribution is 5.59. The van der Waals surface area contributed by atoms with Gasteiger partial charge in [-0.25, -0.2) is 14.4 Å². The van der Waals surface area contributed by atoms with Gasteiger partial charge in [-0.15, -0.1) is 0 Å². The summed E-state index contributed by atoms with van der Waals surface area (Å²) >= 11 is 0. The lowest BCUT2D eigenvalue weighted by Gasteiger charge is -2.09. The van der Waals surface area contributed by atoms with E-state index in [2.05, 4.69) is 27.5 Å². The number of halogens is 1. The van der Waals surface area contributed by atoms with E-state index >= 15 is 0 Å². The van der Waals surface area contributed by atoms with E-state index in [0.29, 0.717) is 11.6 Å². The summed E-state index contributed by atoms with van der Waals surface area (Å²) in [6, 6.07) is 8.00. The highest BCUT2D eigenvalue weighted by Crippen LogP contribution is 2.17. The Hall–Kier alpha value is -2.17. The van der Waals surface area contributed by atoms with Crippen LogP contribution in [-0.2, 0) is 0 Å². The standard InChI is InChI=1S/C14H17FN4/c1-3-8-16-13-9-14(18-10(2)17-13)19-12-6-4-11(15)5-7-12/h4-7,9H,3,8H2,1-2H3,(H2,16,17,18,19). The highest BCUT2D eigenvalue weighted by atomic mass is 19.1. The molecule has 2 aromatic rings. The van der Waals surface area contributed by atoms with Crippen LogP contribution in [0.2, 0.25) is 0 Å². The molecule has 0 unspecified atom stereocenters. The highest BCUT2D eigenvalue weighted by Gasteiger charge is 2.02. The van der Waals surface area contributed by atoms with Crippen molar-refractivity contribution in [3.8, 4) is 0 Å². The van der Waals surface area contributed by atoms with Crippen LogP contribution in [0.1, 0.15) is 19.2 Å². The number of aromatic nitrogens is 2. The molecule has 1 heterocycles. The second-order valence-corrected chi connectivity index (χ2v) is 4.24. The summed E-state index contributed by atoms with van der Waals surface area (Å²) in [7, 11) is 0. The van der Waals surface area contributed by atoms with Crippen molar-refractivity contribution < 1.29 is 4.39 Å². The van der Waals surface area contributed by atoms with Crippen molar-refractivity contribution in [3.63, 3.8) is 0 Å². The number of hydrogen-bond acceptors (Lipinski definition) is 4. The van der Waals surface area contributed by atoms with Gasteiger partial charge in [0.15, 0.2) is 0 Å². The molecule has 0 aliphatic carbocycles. The first kappa shape index (κ1) is 13.3. The van der Waals surface area contributed by atoms with Gasteiger partial charge in [0.1, 0.15) is 23.3 Å². The van der Waals surface area contributed by atoms with Gasteiger partial charge in [0.05, 0.1) is 0 Å². The number of rotatable bonds is 5. The Bertz CT molecular complexity index is 540. The first-order valence-corrected chi connectivity index (χ1v) is 6.29. The molecule has 4 nitrogen and oxygen atoms in total. The Labute approximate surface area is 112 Å². The Morgan fingerprint density at radius 3 is 2.47 bits per heavy atom. The van der Waals surface area contributed by atoms with Crippen LogP contribution >= 0.6 is 0 Å². The van der Waals surface area contributed by atoms with Crippen LogP contribution in [0.3, 0.4) is 0 Å². The zero-order valence-electron chi connectivity index (χ0n) is 11.1. The molecule has 2 N–H and O–H groups in total. The largest absolute Gasteiger partial charge is 0.370 e. The van der Waals surface area contributed by atoms with Crippen molar-refractivity contribution in [2.24, 2.45) is 0 Å².